The number of halogens is 3. The van der Waals surface area contributed by atoms with E-state index in [9.17, 15) is 21.6 Å². The second-order valence-electron chi connectivity index (χ2n) is 6.35. The number of nitrogens with zero attached hydrogens (tertiary/aromatic N) is 1. The Hall–Kier alpha value is -1.08. The molecule has 1 aromatic rings. The van der Waals surface area contributed by atoms with Crippen molar-refractivity contribution in [3.05, 3.63) is 41.3 Å². The van der Waals surface area contributed by atoms with Crippen molar-refractivity contribution in [2.75, 3.05) is 19.8 Å². The third kappa shape index (κ3) is 4.71. The van der Waals surface area contributed by atoms with Crippen molar-refractivity contribution in [2.45, 2.75) is 26.9 Å². The maximum Gasteiger partial charge on any atom is 0.416 e. The maximum absolute atomic E-state index is 12.9. The molecule has 3 nitrogen and oxygen atoms in total. The van der Waals surface area contributed by atoms with Gasteiger partial charge in [0.15, 0.2) is 0 Å². The van der Waals surface area contributed by atoms with Crippen LogP contribution in [0.3, 0.4) is 0 Å². The maximum atomic E-state index is 12.9. The topological polar surface area (TPSA) is 37.4 Å². The van der Waals surface area contributed by atoms with Crippen LogP contribution in [0.1, 0.15) is 31.9 Å². The summed E-state index contributed by atoms with van der Waals surface area (Å²) in [7, 11) is -0.753. The van der Waals surface area contributed by atoms with Crippen LogP contribution >= 0.6 is 0 Å². The molecular weight excluding hydrogens is 315 g/mol. The molecular formula is C15H21F3NO2S. The molecule has 0 fully saturated rings. The van der Waals surface area contributed by atoms with E-state index < -0.39 is 27.2 Å². The second-order valence-corrected chi connectivity index (χ2v) is 8.53. The Morgan fingerprint density at radius 3 is 2.09 bits per heavy atom. The first-order chi connectivity index (χ1) is 9.75. The molecule has 1 radical (unpaired) electrons. The molecule has 7 heteroatoms. The number of rotatable bonds is 4. The van der Waals surface area contributed by atoms with Crippen molar-refractivity contribution < 1.29 is 21.6 Å². The van der Waals surface area contributed by atoms with Crippen molar-refractivity contribution in [1.82, 2.24) is 4.31 Å². The summed E-state index contributed by atoms with van der Waals surface area (Å²) < 4.78 is 63.9. The zero-order valence-electron chi connectivity index (χ0n) is 13.3. The molecule has 0 aliphatic carbocycles. The van der Waals surface area contributed by atoms with Crippen molar-refractivity contribution >= 4 is 10.0 Å². The normalized spacial score (nSPS) is 13.9. The average molecular weight is 336 g/mol. The third-order valence-electron chi connectivity index (χ3n) is 3.33. The lowest BCUT2D eigenvalue weighted by Crippen LogP contribution is -2.33. The van der Waals surface area contributed by atoms with Crippen LogP contribution < -0.4 is 0 Å². The lowest BCUT2D eigenvalue weighted by atomic mass is 9.77. The second kappa shape index (κ2) is 6.20. The molecule has 0 amide bonds. The Bertz CT molecular complexity index is 616. The van der Waals surface area contributed by atoms with Gasteiger partial charge in [-0.15, -0.1) is 0 Å². The van der Waals surface area contributed by atoms with Crippen LogP contribution in [0.4, 0.5) is 13.2 Å². The number of alkyl halides is 3. The van der Waals surface area contributed by atoms with E-state index >= 15 is 0 Å². The van der Waals surface area contributed by atoms with E-state index in [-0.39, 0.29) is 5.75 Å². The zero-order chi connectivity index (χ0) is 17.3. The van der Waals surface area contributed by atoms with Crippen molar-refractivity contribution in [3.8, 4) is 0 Å². The summed E-state index contributed by atoms with van der Waals surface area (Å²) in [5.41, 5.74) is -1.06. The van der Waals surface area contributed by atoms with Gasteiger partial charge < -0.3 is 0 Å². The Morgan fingerprint density at radius 2 is 1.68 bits per heavy atom. The number of sulfonamides is 1. The summed E-state index contributed by atoms with van der Waals surface area (Å²) in [6, 6.07) is 4.79. The first kappa shape index (κ1) is 19.0. The third-order valence-corrected chi connectivity index (χ3v) is 5.09. The fourth-order valence-electron chi connectivity index (χ4n) is 1.93. The summed E-state index contributed by atoms with van der Waals surface area (Å²) in [5.74, 6) is 0.137. The SMILES string of the molecule is CN(C)S(=O)(=O)C[C](c1cccc(C(F)(F)F)c1)C(C)(C)C. The van der Waals surface area contributed by atoms with Gasteiger partial charge in [0.2, 0.25) is 10.0 Å². The summed E-state index contributed by atoms with van der Waals surface area (Å²) in [6.07, 6.45) is -4.46. The highest BCUT2D eigenvalue weighted by molar-refractivity contribution is 7.89. The highest BCUT2D eigenvalue weighted by Gasteiger charge is 2.35. The van der Waals surface area contributed by atoms with Crippen LogP contribution in [0.2, 0.25) is 0 Å². The van der Waals surface area contributed by atoms with E-state index in [4.69, 9.17) is 0 Å². The van der Waals surface area contributed by atoms with Gasteiger partial charge in [0.25, 0.3) is 0 Å². The Labute approximate surface area is 130 Å². The molecule has 0 aromatic heterocycles. The highest BCUT2D eigenvalue weighted by atomic mass is 32.2. The van der Waals surface area contributed by atoms with E-state index in [0.717, 1.165) is 16.4 Å². The highest BCUT2D eigenvalue weighted by Crippen LogP contribution is 2.38. The molecule has 0 unspecified atom stereocenters. The van der Waals surface area contributed by atoms with Crippen LogP contribution in [0.15, 0.2) is 24.3 Å². The van der Waals surface area contributed by atoms with E-state index in [0.29, 0.717) is 11.5 Å². The van der Waals surface area contributed by atoms with Crippen LogP contribution in [0.5, 0.6) is 0 Å². The summed E-state index contributed by atoms with van der Waals surface area (Å²) in [4.78, 5) is 0. The molecule has 0 aliphatic rings. The van der Waals surface area contributed by atoms with Gasteiger partial charge in [-0.2, -0.15) is 13.2 Å². The largest absolute Gasteiger partial charge is 0.416 e. The van der Waals surface area contributed by atoms with Crippen molar-refractivity contribution in [1.29, 1.82) is 0 Å². The first-order valence-electron chi connectivity index (χ1n) is 6.69. The number of hydrogen-bond acceptors (Lipinski definition) is 2. The number of hydrogen-bond donors (Lipinski definition) is 0. The quantitative estimate of drug-likeness (QED) is 0.843. The zero-order valence-corrected chi connectivity index (χ0v) is 14.1. The van der Waals surface area contributed by atoms with Crippen molar-refractivity contribution in [3.63, 3.8) is 0 Å². The van der Waals surface area contributed by atoms with E-state index in [1.165, 1.54) is 26.2 Å². The minimum atomic E-state index is -4.46. The fourth-order valence-corrected chi connectivity index (χ4v) is 3.15. The summed E-state index contributed by atoms with van der Waals surface area (Å²) in [5, 5.41) is 0. The number of benzene rings is 1. The van der Waals surface area contributed by atoms with Gasteiger partial charge in [0.1, 0.15) is 0 Å². The van der Waals surface area contributed by atoms with Gasteiger partial charge >= 0.3 is 6.18 Å². The molecule has 0 spiro atoms. The summed E-state index contributed by atoms with van der Waals surface area (Å²) in [6.45, 7) is 5.36. The monoisotopic (exact) mass is 336 g/mol. The molecule has 0 aliphatic heterocycles. The molecule has 1 rings (SSSR count). The van der Waals surface area contributed by atoms with Crippen LogP contribution in [0, 0.1) is 11.3 Å². The standard InChI is InChI=1S/C15H21F3NO2S/c1-14(2,3)13(10-22(20,21)19(4)5)11-7-6-8-12(9-11)15(16,17)18/h6-9H,10H2,1-5H3. The predicted molar refractivity (Wildman–Crippen MR) is 80.7 cm³/mol. The lowest BCUT2D eigenvalue weighted by Gasteiger charge is -2.31. The van der Waals surface area contributed by atoms with Gasteiger partial charge in [-0.3, -0.25) is 0 Å². The van der Waals surface area contributed by atoms with Crippen LogP contribution in [0.25, 0.3) is 0 Å². The van der Waals surface area contributed by atoms with Crippen LogP contribution in [-0.2, 0) is 16.2 Å². The molecule has 125 valence electrons. The molecule has 0 bridgehead atoms. The molecule has 0 N–H and O–H groups in total. The summed E-state index contributed by atoms with van der Waals surface area (Å²) >= 11 is 0. The van der Waals surface area contributed by atoms with Gasteiger partial charge in [-0.25, -0.2) is 12.7 Å². The average Bonchev–Trinajstić information content (AvgIpc) is 2.33. The van der Waals surface area contributed by atoms with Gasteiger partial charge in [0, 0.05) is 20.0 Å². The lowest BCUT2D eigenvalue weighted by molar-refractivity contribution is -0.137. The fraction of sp³-hybridized carbons (Fsp3) is 0.533. The molecule has 0 heterocycles. The minimum absolute atomic E-state index is 0.299. The van der Waals surface area contributed by atoms with Crippen LogP contribution in [-0.4, -0.2) is 32.6 Å². The molecule has 0 saturated carbocycles. The Kier molecular flexibility index (Phi) is 5.34. The Morgan fingerprint density at radius 1 is 1.14 bits per heavy atom. The van der Waals surface area contributed by atoms with E-state index in [1.807, 2.05) is 0 Å². The molecule has 0 saturated heterocycles. The molecule has 0 atom stereocenters. The van der Waals surface area contributed by atoms with Gasteiger partial charge in [0.05, 0.1) is 11.3 Å². The minimum Gasteiger partial charge on any atom is -0.212 e. The predicted octanol–water partition coefficient (Wildman–Crippen LogP) is 3.57. The smallest absolute Gasteiger partial charge is 0.212 e. The van der Waals surface area contributed by atoms with Crippen molar-refractivity contribution in [2.24, 2.45) is 5.41 Å². The Balaban J connectivity index is 3.31. The van der Waals surface area contributed by atoms with Gasteiger partial charge in [-0.05, 0) is 17.0 Å². The van der Waals surface area contributed by atoms with E-state index in [1.54, 1.807) is 20.8 Å². The molecule has 22 heavy (non-hydrogen) atoms. The van der Waals surface area contributed by atoms with E-state index in [2.05, 4.69) is 0 Å². The van der Waals surface area contributed by atoms with Gasteiger partial charge in [-0.1, -0.05) is 39.0 Å². The molecule has 1 aromatic carbocycles. The first-order valence-corrected chi connectivity index (χ1v) is 8.30.